The van der Waals surface area contributed by atoms with Crippen LogP contribution in [0.2, 0.25) is 0 Å². The number of rotatable bonds is 8. The average Bonchev–Trinajstić information content (AvgIpc) is 2.38. The van der Waals surface area contributed by atoms with Gasteiger partial charge in [0.05, 0.1) is 19.3 Å². The van der Waals surface area contributed by atoms with E-state index < -0.39 is 6.10 Å². The van der Waals surface area contributed by atoms with Crippen molar-refractivity contribution >= 4 is 0 Å². The highest BCUT2D eigenvalue weighted by Gasteiger charge is 2.07. The summed E-state index contributed by atoms with van der Waals surface area (Å²) in [6.45, 7) is 5.03. The van der Waals surface area contributed by atoms with Crippen LogP contribution in [-0.2, 0) is 11.3 Å². The average molecular weight is 255 g/mol. The second kappa shape index (κ2) is 8.19. The molecule has 0 aliphatic rings. The van der Waals surface area contributed by atoms with Crippen molar-refractivity contribution in [3.05, 3.63) is 35.6 Å². The zero-order valence-corrected chi connectivity index (χ0v) is 11.0. The molecule has 0 aromatic heterocycles. The lowest BCUT2D eigenvalue weighted by atomic mass is 10.2. The zero-order valence-electron chi connectivity index (χ0n) is 11.0. The SMILES string of the molecule is CCC(C)NCC(O)COCc1ccccc1F. The molecule has 18 heavy (non-hydrogen) atoms. The molecule has 2 unspecified atom stereocenters. The van der Waals surface area contributed by atoms with Crippen LogP contribution in [0.3, 0.4) is 0 Å². The van der Waals surface area contributed by atoms with Crippen LogP contribution >= 0.6 is 0 Å². The van der Waals surface area contributed by atoms with Gasteiger partial charge in [-0.15, -0.1) is 0 Å². The normalized spacial score (nSPS) is 14.4. The highest BCUT2D eigenvalue weighted by atomic mass is 19.1. The Morgan fingerprint density at radius 3 is 2.78 bits per heavy atom. The quantitative estimate of drug-likeness (QED) is 0.747. The van der Waals surface area contributed by atoms with Gasteiger partial charge in [0, 0.05) is 18.2 Å². The molecule has 0 saturated carbocycles. The number of aliphatic hydroxyl groups is 1. The van der Waals surface area contributed by atoms with E-state index in [2.05, 4.69) is 19.2 Å². The van der Waals surface area contributed by atoms with Crippen molar-refractivity contribution in [3.63, 3.8) is 0 Å². The van der Waals surface area contributed by atoms with Crippen LogP contribution in [0.15, 0.2) is 24.3 Å². The fourth-order valence-corrected chi connectivity index (χ4v) is 1.46. The Morgan fingerprint density at radius 2 is 2.11 bits per heavy atom. The molecular formula is C14H22FNO2. The van der Waals surface area contributed by atoms with Gasteiger partial charge in [-0.1, -0.05) is 25.1 Å². The molecule has 1 aromatic carbocycles. The minimum Gasteiger partial charge on any atom is -0.389 e. The predicted molar refractivity (Wildman–Crippen MR) is 69.8 cm³/mol. The van der Waals surface area contributed by atoms with Gasteiger partial charge in [-0.25, -0.2) is 4.39 Å². The molecule has 1 aromatic rings. The van der Waals surface area contributed by atoms with Gasteiger partial charge < -0.3 is 15.2 Å². The van der Waals surface area contributed by atoms with Gasteiger partial charge in [0.15, 0.2) is 0 Å². The van der Waals surface area contributed by atoms with E-state index in [0.29, 0.717) is 18.2 Å². The Morgan fingerprint density at radius 1 is 1.39 bits per heavy atom. The molecule has 0 fully saturated rings. The second-order valence-corrected chi connectivity index (χ2v) is 4.48. The molecular weight excluding hydrogens is 233 g/mol. The van der Waals surface area contributed by atoms with Crippen LogP contribution in [0, 0.1) is 5.82 Å². The van der Waals surface area contributed by atoms with Crippen molar-refractivity contribution in [1.82, 2.24) is 5.32 Å². The smallest absolute Gasteiger partial charge is 0.128 e. The van der Waals surface area contributed by atoms with E-state index in [0.717, 1.165) is 6.42 Å². The number of halogens is 1. The molecule has 0 heterocycles. The van der Waals surface area contributed by atoms with Gasteiger partial charge in [0.2, 0.25) is 0 Å². The third-order valence-electron chi connectivity index (χ3n) is 2.84. The van der Waals surface area contributed by atoms with Gasteiger partial charge in [0.25, 0.3) is 0 Å². The molecule has 4 heteroatoms. The first kappa shape index (κ1) is 15.1. The molecule has 2 N–H and O–H groups in total. The molecule has 0 aliphatic heterocycles. The second-order valence-electron chi connectivity index (χ2n) is 4.48. The van der Waals surface area contributed by atoms with Gasteiger partial charge >= 0.3 is 0 Å². The van der Waals surface area contributed by atoms with E-state index in [1.807, 2.05) is 0 Å². The lowest BCUT2D eigenvalue weighted by Crippen LogP contribution is -2.35. The fraction of sp³-hybridized carbons (Fsp3) is 0.571. The lowest BCUT2D eigenvalue weighted by Gasteiger charge is -2.16. The Hall–Kier alpha value is -0.970. The largest absolute Gasteiger partial charge is 0.389 e. The van der Waals surface area contributed by atoms with Crippen molar-refractivity contribution in [2.75, 3.05) is 13.2 Å². The summed E-state index contributed by atoms with van der Waals surface area (Å²) in [5.41, 5.74) is 0.514. The van der Waals surface area contributed by atoms with Crippen LogP contribution in [0.5, 0.6) is 0 Å². The van der Waals surface area contributed by atoms with Crippen molar-refractivity contribution in [2.45, 2.75) is 39.0 Å². The van der Waals surface area contributed by atoms with Crippen molar-refractivity contribution < 1.29 is 14.2 Å². The summed E-state index contributed by atoms with van der Waals surface area (Å²) in [5.74, 6) is -0.273. The molecule has 1 rings (SSSR count). The summed E-state index contributed by atoms with van der Waals surface area (Å²) in [7, 11) is 0. The molecule has 2 atom stereocenters. The molecule has 0 spiro atoms. The van der Waals surface area contributed by atoms with Crippen molar-refractivity contribution in [3.8, 4) is 0 Å². The van der Waals surface area contributed by atoms with Crippen LogP contribution < -0.4 is 5.32 Å². The number of ether oxygens (including phenoxy) is 1. The highest BCUT2D eigenvalue weighted by molar-refractivity contribution is 5.16. The number of hydrogen-bond acceptors (Lipinski definition) is 3. The Labute approximate surface area is 108 Å². The summed E-state index contributed by atoms with van der Waals surface area (Å²) in [6, 6.07) is 6.87. The van der Waals surface area contributed by atoms with Gasteiger partial charge in [-0.3, -0.25) is 0 Å². The third-order valence-corrected chi connectivity index (χ3v) is 2.84. The predicted octanol–water partition coefficient (Wildman–Crippen LogP) is 2.09. The Bertz CT molecular complexity index is 346. The van der Waals surface area contributed by atoms with E-state index in [1.54, 1.807) is 18.2 Å². The highest BCUT2D eigenvalue weighted by Crippen LogP contribution is 2.07. The molecule has 0 aliphatic carbocycles. The van der Waals surface area contributed by atoms with E-state index in [-0.39, 0.29) is 19.0 Å². The first-order valence-electron chi connectivity index (χ1n) is 6.36. The maximum Gasteiger partial charge on any atom is 0.128 e. The first-order chi connectivity index (χ1) is 8.63. The standard InChI is InChI=1S/C14H22FNO2/c1-3-11(2)16-8-13(17)10-18-9-12-6-4-5-7-14(12)15/h4-7,11,13,16-17H,3,8-10H2,1-2H3. The van der Waals surface area contributed by atoms with Crippen molar-refractivity contribution in [1.29, 1.82) is 0 Å². The number of hydrogen-bond donors (Lipinski definition) is 2. The monoisotopic (exact) mass is 255 g/mol. The molecule has 0 saturated heterocycles. The van der Waals surface area contributed by atoms with Crippen LogP contribution in [-0.4, -0.2) is 30.4 Å². The van der Waals surface area contributed by atoms with Crippen LogP contribution in [0.4, 0.5) is 4.39 Å². The molecule has 0 amide bonds. The molecule has 102 valence electrons. The maximum atomic E-state index is 13.3. The maximum absolute atomic E-state index is 13.3. The van der Waals surface area contributed by atoms with Gasteiger partial charge in [0.1, 0.15) is 5.82 Å². The third kappa shape index (κ3) is 5.58. The zero-order chi connectivity index (χ0) is 13.4. The summed E-state index contributed by atoms with van der Waals surface area (Å²) in [5, 5.41) is 12.8. The topological polar surface area (TPSA) is 41.5 Å². The van der Waals surface area contributed by atoms with E-state index in [9.17, 15) is 9.50 Å². The minimum absolute atomic E-state index is 0.188. The minimum atomic E-state index is -0.564. The summed E-state index contributed by atoms with van der Waals surface area (Å²) in [4.78, 5) is 0. The van der Waals surface area contributed by atoms with E-state index in [1.165, 1.54) is 6.07 Å². The van der Waals surface area contributed by atoms with Gasteiger partial charge in [-0.2, -0.15) is 0 Å². The number of aliphatic hydroxyl groups excluding tert-OH is 1. The van der Waals surface area contributed by atoms with Crippen molar-refractivity contribution in [2.24, 2.45) is 0 Å². The fourth-order valence-electron chi connectivity index (χ4n) is 1.46. The number of nitrogens with one attached hydrogen (secondary N) is 1. The molecule has 3 nitrogen and oxygen atoms in total. The van der Waals surface area contributed by atoms with Crippen LogP contribution in [0.25, 0.3) is 0 Å². The lowest BCUT2D eigenvalue weighted by molar-refractivity contribution is 0.0268. The van der Waals surface area contributed by atoms with E-state index in [4.69, 9.17) is 4.74 Å². The summed E-state index contributed by atoms with van der Waals surface area (Å²) >= 11 is 0. The first-order valence-corrected chi connectivity index (χ1v) is 6.36. The number of benzene rings is 1. The Balaban J connectivity index is 2.19. The van der Waals surface area contributed by atoms with E-state index >= 15 is 0 Å². The van der Waals surface area contributed by atoms with Crippen LogP contribution in [0.1, 0.15) is 25.8 Å². The Kier molecular flexibility index (Phi) is 6.86. The molecule has 0 bridgehead atoms. The van der Waals surface area contributed by atoms with Gasteiger partial charge in [-0.05, 0) is 19.4 Å². The summed E-state index contributed by atoms with van der Waals surface area (Å²) in [6.07, 6.45) is 0.453. The molecule has 0 radical (unpaired) electrons. The summed E-state index contributed by atoms with van der Waals surface area (Å²) < 4.78 is 18.6.